The van der Waals surface area contributed by atoms with E-state index in [9.17, 15) is 4.79 Å². The maximum atomic E-state index is 12.4. The molecule has 0 radical (unpaired) electrons. The lowest BCUT2D eigenvalue weighted by molar-refractivity contribution is -0.118. The number of nitrogens with one attached hydrogen (secondary N) is 2. The molecule has 3 aromatic rings. The summed E-state index contributed by atoms with van der Waals surface area (Å²) in [4.78, 5) is 24.5. The molecular weight excluding hydrogens is 354 g/mol. The molecule has 7 heteroatoms. The van der Waals surface area contributed by atoms with E-state index in [0.29, 0.717) is 23.6 Å². The van der Waals surface area contributed by atoms with Gasteiger partial charge in [-0.25, -0.2) is 4.98 Å². The van der Waals surface area contributed by atoms with Crippen molar-refractivity contribution >= 4 is 22.6 Å². The summed E-state index contributed by atoms with van der Waals surface area (Å²) >= 11 is 0. The Morgan fingerprint density at radius 1 is 1.32 bits per heavy atom. The third-order valence-corrected chi connectivity index (χ3v) is 4.43. The van der Waals surface area contributed by atoms with Crippen molar-refractivity contribution in [3.8, 4) is 17.0 Å². The second kappa shape index (κ2) is 7.59. The maximum Gasteiger partial charge on any atom is 0.241 e. The van der Waals surface area contributed by atoms with Gasteiger partial charge in [-0.2, -0.15) is 0 Å². The molecule has 0 aliphatic carbocycles. The van der Waals surface area contributed by atoms with Gasteiger partial charge in [0.2, 0.25) is 5.91 Å². The Morgan fingerprint density at radius 2 is 2.07 bits per heavy atom. The zero-order valence-corrected chi connectivity index (χ0v) is 17.0. The van der Waals surface area contributed by atoms with Crippen molar-refractivity contribution in [2.75, 3.05) is 12.4 Å². The molecule has 0 aliphatic heterocycles. The molecule has 1 atom stereocenters. The summed E-state index contributed by atoms with van der Waals surface area (Å²) < 4.78 is 5.54. The van der Waals surface area contributed by atoms with Crippen LogP contribution in [0.15, 0.2) is 30.6 Å². The molecule has 3 rings (SSSR count). The molecule has 148 valence electrons. The number of aryl methyl sites for hydroxylation is 1. The van der Waals surface area contributed by atoms with Gasteiger partial charge in [-0.15, -0.1) is 0 Å². The van der Waals surface area contributed by atoms with Gasteiger partial charge in [0.1, 0.15) is 17.1 Å². The number of ether oxygens (including phenoxy) is 1. The van der Waals surface area contributed by atoms with E-state index in [1.165, 1.54) is 0 Å². The van der Waals surface area contributed by atoms with Crippen LogP contribution in [0.1, 0.15) is 32.9 Å². The number of carbonyl (C=O) groups is 1. The maximum absolute atomic E-state index is 12.4. The molecule has 3 heterocycles. The van der Waals surface area contributed by atoms with E-state index in [1.54, 1.807) is 25.6 Å². The van der Waals surface area contributed by atoms with Gasteiger partial charge in [-0.05, 0) is 30.9 Å². The molecule has 28 heavy (non-hydrogen) atoms. The van der Waals surface area contributed by atoms with E-state index in [0.717, 1.165) is 22.3 Å². The van der Waals surface area contributed by atoms with E-state index in [4.69, 9.17) is 10.5 Å². The number of rotatable bonds is 5. The minimum atomic E-state index is -0.590. The van der Waals surface area contributed by atoms with Crippen LogP contribution in [-0.4, -0.2) is 34.0 Å². The third-order valence-electron chi connectivity index (χ3n) is 4.43. The monoisotopic (exact) mass is 381 g/mol. The molecule has 0 saturated heterocycles. The van der Waals surface area contributed by atoms with Crippen LogP contribution >= 0.6 is 0 Å². The Labute approximate surface area is 164 Å². The van der Waals surface area contributed by atoms with Gasteiger partial charge < -0.3 is 20.8 Å². The number of nitrogens with zero attached hydrogens (tertiary/aromatic N) is 2. The summed E-state index contributed by atoms with van der Waals surface area (Å²) in [6, 6.07) is 5.10. The van der Waals surface area contributed by atoms with Gasteiger partial charge in [0.05, 0.1) is 25.0 Å². The fraction of sp³-hybridized carbons (Fsp3) is 0.381. The van der Waals surface area contributed by atoms with Crippen molar-refractivity contribution in [1.82, 2.24) is 15.0 Å². The molecule has 0 unspecified atom stereocenters. The van der Waals surface area contributed by atoms with Gasteiger partial charge >= 0.3 is 0 Å². The number of fused-ring (bicyclic) bond motifs is 1. The zero-order valence-electron chi connectivity index (χ0n) is 17.0. The Balaban J connectivity index is 1.89. The molecule has 0 spiro atoms. The van der Waals surface area contributed by atoms with Crippen LogP contribution in [0.25, 0.3) is 22.3 Å². The first-order valence-electron chi connectivity index (χ1n) is 9.23. The summed E-state index contributed by atoms with van der Waals surface area (Å²) in [5.74, 6) is 0.327. The highest BCUT2D eigenvalue weighted by Gasteiger charge is 2.22. The van der Waals surface area contributed by atoms with E-state index >= 15 is 0 Å². The summed E-state index contributed by atoms with van der Waals surface area (Å²) in [7, 11) is 1.58. The third kappa shape index (κ3) is 4.31. The van der Waals surface area contributed by atoms with Gasteiger partial charge in [0.25, 0.3) is 0 Å². The van der Waals surface area contributed by atoms with Crippen molar-refractivity contribution < 1.29 is 9.53 Å². The van der Waals surface area contributed by atoms with E-state index < -0.39 is 6.04 Å². The zero-order chi connectivity index (χ0) is 20.5. The number of H-pyrrole nitrogens is 1. The molecule has 1 amide bonds. The van der Waals surface area contributed by atoms with Crippen molar-refractivity contribution in [2.45, 2.75) is 40.2 Å². The van der Waals surface area contributed by atoms with Crippen LogP contribution in [0.4, 0.5) is 5.69 Å². The van der Waals surface area contributed by atoms with Gasteiger partial charge in [-0.3, -0.25) is 9.78 Å². The van der Waals surface area contributed by atoms with Crippen molar-refractivity contribution in [2.24, 2.45) is 11.1 Å². The second-order valence-electron chi connectivity index (χ2n) is 8.21. The van der Waals surface area contributed by atoms with Crippen LogP contribution in [0.2, 0.25) is 0 Å². The highest BCUT2D eigenvalue weighted by atomic mass is 16.5. The van der Waals surface area contributed by atoms with E-state index in [2.05, 4.69) is 41.0 Å². The first kappa shape index (κ1) is 19.8. The largest absolute Gasteiger partial charge is 0.494 e. The number of amides is 1. The van der Waals surface area contributed by atoms with Crippen LogP contribution in [0, 0.1) is 12.3 Å². The lowest BCUT2D eigenvalue weighted by Crippen LogP contribution is -2.38. The average molecular weight is 381 g/mol. The van der Waals surface area contributed by atoms with E-state index in [1.807, 2.05) is 19.1 Å². The number of pyridine rings is 2. The van der Waals surface area contributed by atoms with Crippen molar-refractivity contribution in [3.05, 3.63) is 36.3 Å². The number of methoxy groups -OCH3 is 1. The minimum Gasteiger partial charge on any atom is -0.494 e. The van der Waals surface area contributed by atoms with Gasteiger partial charge in [0, 0.05) is 28.9 Å². The Morgan fingerprint density at radius 3 is 2.75 bits per heavy atom. The SMILES string of the molecule is COc1cc(NC(=O)[C@H](N)CC(C)(C)C)cnc1-c1ccnc2[nH]c(C)cc12. The highest BCUT2D eigenvalue weighted by molar-refractivity contribution is 5.96. The molecule has 3 aromatic heterocycles. The highest BCUT2D eigenvalue weighted by Crippen LogP contribution is 2.34. The van der Waals surface area contributed by atoms with Crippen molar-refractivity contribution in [3.63, 3.8) is 0 Å². The molecule has 0 aromatic carbocycles. The summed E-state index contributed by atoms with van der Waals surface area (Å²) in [5, 5.41) is 3.80. The fourth-order valence-electron chi connectivity index (χ4n) is 3.22. The number of anilines is 1. The van der Waals surface area contributed by atoms with Crippen LogP contribution < -0.4 is 15.8 Å². The first-order valence-corrected chi connectivity index (χ1v) is 9.23. The number of nitrogens with two attached hydrogens (primary N) is 1. The second-order valence-corrected chi connectivity index (χ2v) is 8.21. The standard InChI is InChI=1S/C21H27N5O2/c1-12-8-15-14(6-7-23-19(15)25-12)18-17(28-5)9-13(11-24-18)26-20(27)16(22)10-21(2,3)4/h6-9,11,16H,10,22H2,1-5H3,(H,23,25)(H,26,27)/t16-/m1/s1. The van der Waals surface area contributed by atoms with Crippen LogP contribution in [-0.2, 0) is 4.79 Å². The normalized spacial score (nSPS) is 12.8. The number of carbonyl (C=O) groups excluding carboxylic acids is 1. The Bertz CT molecular complexity index is 1000. The quantitative estimate of drug-likeness (QED) is 0.625. The van der Waals surface area contributed by atoms with Gasteiger partial charge in [0.15, 0.2) is 0 Å². The van der Waals surface area contributed by atoms with Crippen LogP contribution in [0.3, 0.4) is 0 Å². The molecular formula is C21H27N5O2. The summed E-state index contributed by atoms with van der Waals surface area (Å²) in [6.07, 6.45) is 3.94. The molecule has 4 N–H and O–H groups in total. The Hall–Kier alpha value is -2.93. The molecule has 0 fully saturated rings. The van der Waals surface area contributed by atoms with Crippen molar-refractivity contribution in [1.29, 1.82) is 0 Å². The molecule has 7 nitrogen and oxygen atoms in total. The summed E-state index contributed by atoms with van der Waals surface area (Å²) in [5.41, 5.74) is 9.96. The lowest BCUT2D eigenvalue weighted by Gasteiger charge is -2.22. The molecule has 0 saturated carbocycles. The fourth-order valence-corrected chi connectivity index (χ4v) is 3.22. The average Bonchev–Trinajstić information content (AvgIpc) is 3.00. The van der Waals surface area contributed by atoms with Gasteiger partial charge in [-0.1, -0.05) is 20.8 Å². The topological polar surface area (TPSA) is 106 Å². The number of hydrogen-bond donors (Lipinski definition) is 3. The number of hydrogen-bond acceptors (Lipinski definition) is 5. The number of aromatic amines is 1. The predicted octanol–water partition coefficient (Wildman–Crippen LogP) is 3.64. The number of aromatic nitrogens is 3. The summed E-state index contributed by atoms with van der Waals surface area (Å²) in [6.45, 7) is 8.14. The molecule has 0 aliphatic rings. The lowest BCUT2D eigenvalue weighted by atomic mass is 9.88. The van der Waals surface area contributed by atoms with E-state index in [-0.39, 0.29) is 11.3 Å². The predicted molar refractivity (Wildman–Crippen MR) is 111 cm³/mol. The molecule has 0 bridgehead atoms. The smallest absolute Gasteiger partial charge is 0.241 e. The van der Waals surface area contributed by atoms with Crippen LogP contribution in [0.5, 0.6) is 5.75 Å². The minimum absolute atomic E-state index is 0.0298. The Kier molecular flexibility index (Phi) is 5.38. The first-order chi connectivity index (χ1) is 13.2.